The lowest BCUT2D eigenvalue weighted by Gasteiger charge is -2.25. The second-order valence-corrected chi connectivity index (χ2v) is 6.55. The molecule has 0 saturated heterocycles. The SMILES string of the molecule is COc1ccc(N(CCC(N)=O)CC(=O)N[C@@H](C)c2ccccc2Cl)cc1. The third kappa shape index (κ3) is 6.18. The molecule has 2 aromatic rings. The minimum absolute atomic E-state index is 0.0917. The largest absolute Gasteiger partial charge is 0.497 e. The summed E-state index contributed by atoms with van der Waals surface area (Å²) in [5, 5.41) is 3.54. The minimum Gasteiger partial charge on any atom is -0.497 e. The van der Waals surface area contributed by atoms with E-state index in [4.69, 9.17) is 22.1 Å². The van der Waals surface area contributed by atoms with Crippen LogP contribution in [-0.2, 0) is 9.59 Å². The van der Waals surface area contributed by atoms with Gasteiger partial charge in [-0.25, -0.2) is 0 Å². The highest BCUT2D eigenvalue weighted by atomic mass is 35.5. The Kier molecular flexibility index (Phi) is 7.49. The number of methoxy groups -OCH3 is 1. The van der Waals surface area contributed by atoms with E-state index in [0.717, 1.165) is 11.3 Å². The highest BCUT2D eigenvalue weighted by Gasteiger charge is 2.16. The van der Waals surface area contributed by atoms with Gasteiger partial charge in [-0.2, -0.15) is 0 Å². The number of nitrogens with zero attached hydrogens (tertiary/aromatic N) is 1. The molecular weight excluding hydrogens is 366 g/mol. The fourth-order valence-electron chi connectivity index (χ4n) is 2.70. The van der Waals surface area contributed by atoms with Crippen LogP contribution in [-0.4, -0.2) is 32.0 Å². The van der Waals surface area contributed by atoms with E-state index in [1.165, 1.54) is 0 Å². The van der Waals surface area contributed by atoms with Crippen molar-refractivity contribution < 1.29 is 14.3 Å². The predicted molar refractivity (Wildman–Crippen MR) is 107 cm³/mol. The van der Waals surface area contributed by atoms with Crippen LogP contribution >= 0.6 is 11.6 Å². The molecule has 2 amide bonds. The van der Waals surface area contributed by atoms with E-state index >= 15 is 0 Å². The first-order valence-corrected chi connectivity index (χ1v) is 8.99. The van der Waals surface area contributed by atoms with Gasteiger partial charge < -0.3 is 20.7 Å². The van der Waals surface area contributed by atoms with Crippen LogP contribution in [0.3, 0.4) is 0 Å². The molecule has 1 atom stereocenters. The van der Waals surface area contributed by atoms with Gasteiger partial charge in [-0.3, -0.25) is 9.59 Å². The molecule has 144 valence electrons. The summed E-state index contributed by atoms with van der Waals surface area (Å²) in [6.07, 6.45) is 0.152. The van der Waals surface area contributed by atoms with Crippen molar-refractivity contribution in [3.05, 3.63) is 59.1 Å². The van der Waals surface area contributed by atoms with Crippen LogP contribution in [0.4, 0.5) is 5.69 Å². The van der Waals surface area contributed by atoms with Crippen LogP contribution in [0.5, 0.6) is 5.75 Å². The number of hydrogen-bond acceptors (Lipinski definition) is 4. The lowest BCUT2D eigenvalue weighted by Crippen LogP contribution is -2.39. The Morgan fingerprint density at radius 2 is 1.85 bits per heavy atom. The molecule has 0 unspecified atom stereocenters. The molecule has 0 aliphatic carbocycles. The number of halogens is 1. The number of amides is 2. The number of nitrogens with two attached hydrogens (primary N) is 1. The van der Waals surface area contributed by atoms with Gasteiger partial charge in [0.15, 0.2) is 0 Å². The summed E-state index contributed by atoms with van der Waals surface area (Å²) >= 11 is 6.19. The Hall–Kier alpha value is -2.73. The van der Waals surface area contributed by atoms with Crippen molar-refractivity contribution in [3.8, 4) is 5.75 Å². The van der Waals surface area contributed by atoms with Crippen molar-refractivity contribution in [1.82, 2.24) is 5.32 Å². The average molecular weight is 390 g/mol. The molecule has 0 aliphatic heterocycles. The average Bonchev–Trinajstić information content (AvgIpc) is 2.65. The summed E-state index contributed by atoms with van der Waals surface area (Å²) < 4.78 is 5.16. The summed E-state index contributed by atoms with van der Waals surface area (Å²) in [6, 6.07) is 14.4. The second kappa shape index (κ2) is 9.83. The van der Waals surface area contributed by atoms with Crippen molar-refractivity contribution in [2.45, 2.75) is 19.4 Å². The zero-order chi connectivity index (χ0) is 19.8. The fraction of sp³-hybridized carbons (Fsp3) is 0.300. The quantitative estimate of drug-likeness (QED) is 0.690. The van der Waals surface area contributed by atoms with Crippen molar-refractivity contribution >= 4 is 29.1 Å². The normalized spacial score (nSPS) is 11.5. The third-order valence-electron chi connectivity index (χ3n) is 4.15. The molecule has 0 heterocycles. The van der Waals surface area contributed by atoms with Gasteiger partial charge in [0.2, 0.25) is 11.8 Å². The minimum atomic E-state index is -0.418. The van der Waals surface area contributed by atoms with Crippen LogP contribution in [0.25, 0.3) is 0 Å². The van der Waals surface area contributed by atoms with E-state index in [1.54, 1.807) is 30.2 Å². The molecule has 6 nitrogen and oxygen atoms in total. The zero-order valence-electron chi connectivity index (χ0n) is 15.4. The van der Waals surface area contributed by atoms with E-state index in [0.29, 0.717) is 17.3 Å². The van der Waals surface area contributed by atoms with Gasteiger partial charge in [-0.1, -0.05) is 29.8 Å². The number of nitrogens with one attached hydrogen (secondary N) is 1. The zero-order valence-corrected chi connectivity index (χ0v) is 16.2. The summed E-state index contributed by atoms with van der Waals surface area (Å²) in [5.41, 5.74) is 6.92. The number of primary amides is 1. The highest BCUT2D eigenvalue weighted by Crippen LogP contribution is 2.23. The number of anilines is 1. The lowest BCUT2D eigenvalue weighted by atomic mass is 10.1. The van der Waals surface area contributed by atoms with Crippen molar-refractivity contribution in [3.63, 3.8) is 0 Å². The summed E-state index contributed by atoms with van der Waals surface area (Å²) in [6.45, 7) is 2.31. The van der Waals surface area contributed by atoms with E-state index < -0.39 is 5.91 Å². The van der Waals surface area contributed by atoms with Gasteiger partial charge in [-0.05, 0) is 42.8 Å². The molecule has 0 saturated carbocycles. The van der Waals surface area contributed by atoms with Gasteiger partial charge in [0.05, 0.1) is 19.7 Å². The molecule has 0 aromatic heterocycles. The van der Waals surface area contributed by atoms with Gasteiger partial charge >= 0.3 is 0 Å². The van der Waals surface area contributed by atoms with Crippen molar-refractivity contribution in [1.29, 1.82) is 0 Å². The Morgan fingerprint density at radius 3 is 2.44 bits per heavy atom. The molecule has 0 spiro atoms. The van der Waals surface area contributed by atoms with Gasteiger partial charge in [0, 0.05) is 23.7 Å². The maximum Gasteiger partial charge on any atom is 0.239 e. The van der Waals surface area contributed by atoms with Gasteiger partial charge in [-0.15, -0.1) is 0 Å². The van der Waals surface area contributed by atoms with Crippen LogP contribution in [0.2, 0.25) is 5.02 Å². The fourth-order valence-corrected chi connectivity index (χ4v) is 3.00. The van der Waals surface area contributed by atoms with Crippen LogP contribution in [0.15, 0.2) is 48.5 Å². The molecule has 0 bridgehead atoms. The van der Waals surface area contributed by atoms with Crippen LogP contribution < -0.4 is 20.7 Å². The van der Waals surface area contributed by atoms with Gasteiger partial charge in [0.1, 0.15) is 5.75 Å². The highest BCUT2D eigenvalue weighted by molar-refractivity contribution is 6.31. The maximum atomic E-state index is 12.6. The Bertz CT molecular complexity index is 780. The third-order valence-corrected chi connectivity index (χ3v) is 4.49. The standard InChI is InChI=1S/C20H24ClN3O3/c1-14(17-5-3-4-6-18(17)21)23-20(26)13-24(12-11-19(22)25)15-7-9-16(27-2)10-8-15/h3-10,14H,11-13H2,1-2H3,(H2,22,25)(H,23,26)/t14-/m0/s1. The Morgan fingerprint density at radius 1 is 1.19 bits per heavy atom. The molecule has 7 heteroatoms. The number of carbonyl (C=O) groups is 2. The van der Waals surface area contributed by atoms with Crippen molar-refractivity contribution in [2.24, 2.45) is 5.73 Å². The molecule has 27 heavy (non-hydrogen) atoms. The first kappa shape index (κ1) is 20.6. The first-order chi connectivity index (χ1) is 12.9. The topological polar surface area (TPSA) is 84.7 Å². The maximum absolute atomic E-state index is 12.6. The number of hydrogen-bond donors (Lipinski definition) is 2. The molecule has 0 radical (unpaired) electrons. The number of ether oxygens (including phenoxy) is 1. The molecule has 2 aromatic carbocycles. The van der Waals surface area contributed by atoms with Crippen LogP contribution in [0.1, 0.15) is 24.9 Å². The van der Waals surface area contributed by atoms with E-state index in [-0.39, 0.29) is 24.9 Å². The molecule has 0 fully saturated rings. The summed E-state index contributed by atoms with van der Waals surface area (Å²) in [4.78, 5) is 25.5. The first-order valence-electron chi connectivity index (χ1n) is 8.61. The Labute approximate surface area is 164 Å². The summed E-state index contributed by atoms with van der Waals surface area (Å²) in [5.74, 6) is 0.117. The predicted octanol–water partition coefficient (Wildman–Crippen LogP) is 2.91. The second-order valence-electron chi connectivity index (χ2n) is 6.15. The number of benzene rings is 2. The van der Waals surface area contributed by atoms with E-state index in [2.05, 4.69) is 5.32 Å². The molecule has 2 rings (SSSR count). The van der Waals surface area contributed by atoms with E-state index in [9.17, 15) is 9.59 Å². The molecule has 0 aliphatic rings. The van der Waals surface area contributed by atoms with Gasteiger partial charge in [0.25, 0.3) is 0 Å². The van der Waals surface area contributed by atoms with Crippen LogP contribution in [0, 0.1) is 0 Å². The number of carbonyl (C=O) groups excluding carboxylic acids is 2. The monoisotopic (exact) mass is 389 g/mol. The Balaban J connectivity index is 2.07. The smallest absolute Gasteiger partial charge is 0.239 e. The van der Waals surface area contributed by atoms with Crippen molar-refractivity contribution in [2.75, 3.05) is 25.1 Å². The molecular formula is C20H24ClN3O3. The molecule has 3 N–H and O–H groups in total. The number of rotatable bonds is 9. The lowest BCUT2D eigenvalue weighted by molar-refractivity contribution is -0.121. The van der Waals surface area contributed by atoms with E-state index in [1.807, 2.05) is 37.3 Å². The summed E-state index contributed by atoms with van der Waals surface area (Å²) in [7, 11) is 1.59.